The Bertz CT molecular complexity index is 626. The van der Waals surface area contributed by atoms with Gasteiger partial charge >= 0.3 is 0 Å². The molecule has 0 saturated carbocycles. The number of hydrogen-bond acceptors (Lipinski definition) is 4. The third-order valence-electron chi connectivity index (χ3n) is 1.82. The lowest BCUT2D eigenvalue weighted by molar-refractivity contribution is 0.601. The van der Waals surface area contributed by atoms with Crippen molar-refractivity contribution >= 4 is 50.4 Å². The van der Waals surface area contributed by atoms with Crippen LogP contribution in [0.3, 0.4) is 0 Å². The second-order valence-corrected chi connectivity index (χ2v) is 6.95. The number of nitrogens with one attached hydrogen (secondary N) is 1. The van der Waals surface area contributed by atoms with Crippen LogP contribution in [0.25, 0.3) is 0 Å². The van der Waals surface area contributed by atoms with Crippen LogP contribution in [0.5, 0.6) is 0 Å². The number of halogens is 2. The summed E-state index contributed by atoms with van der Waals surface area (Å²) in [4.78, 5) is 3.82. The first-order chi connectivity index (χ1) is 7.99. The maximum absolute atomic E-state index is 11.9. The third-order valence-corrected chi connectivity index (χ3v) is 4.93. The molecule has 17 heavy (non-hydrogen) atoms. The highest BCUT2D eigenvalue weighted by Crippen LogP contribution is 2.34. The second-order valence-electron chi connectivity index (χ2n) is 3.01. The van der Waals surface area contributed by atoms with Crippen molar-refractivity contribution in [1.29, 1.82) is 0 Å². The van der Waals surface area contributed by atoms with Gasteiger partial charge in [0, 0.05) is 6.20 Å². The van der Waals surface area contributed by atoms with Crippen LogP contribution in [0.15, 0.2) is 35.4 Å². The first kappa shape index (κ1) is 12.6. The van der Waals surface area contributed by atoms with Gasteiger partial charge in [0.1, 0.15) is 15.0 Å². The monoisotopic (exact) mass is 308 g/mol. The summed E-state index contributed by atoms with van der Waals surface area (Å²) in [7, 11) is -3.74. The Kier molecular flexibility index (Phi) is 3.58. The Morgan fingerprint density at radius 3 is 2.59 bits per heavy atom. The van der Waals surface area contributed by atoms with E-state index in [4.69, 9.17) is 23.2 Å². The fourth-order valence-electron chi connectivity index (χ4n) is 1.12. The summed E-state index contributed by atoms with van der Waals surface area (Å²) >= 11 is 12.5. The molecule has 0 spiro atoms. The van der Waals surface area contributed by atoms with E-state index in [-0.39, 0.29) is 15.0 Å². The number of thiophene rings is 1. The van der Waals surface area contributed by atoms with Crippen LogP contribution < -0.4 is 4.72 Å². The minimum atomic E-state index is -3.74. The molecule has 4 nitrogen and oxygen atoms in total. The number of nitrogens with zero attached hydrogens (tertiary/aromatic N) is 1. The van der Waals surface area contributed by atoms with E-state index in [1.54, 1.807) is 18.2 Å². The van der Waals surface area contributed by atoms with Crippen molar-refractivity contribution in [3.05, 3.63) is 39.1 Å². The molecule has 0 fully saturated rings. The molecule has 0 aliphatic carbocycles. The zero-order chi connectivity index (χ0) is 12.5. The van der Waals surface area contributed by atoms with Gasteiger partial charge in [0.25, 0.3) is 10.0 Å². The van der Waals surface area contributed by atoms with Gasteiger partial charge in [-0.1, -0.05) is 29.3 Å². The Morgan fingerprint density at radius 2 is 2.06 bits per heavy atom. The molecular weight excluding hydrogens is 303 g/mol. The van der Waals surface area contributed by atoms with E-state index in [1.807, 2.05) is 0 Å². The maximum atomic E-state index is 11.9. The average molecular weight is 309 g/mol. The molecule has 0 aliphatic rings. The summed E-state index contributed by atoms with van der Waals surface area (Å²) in [6.45, 7) is 0. The van der Waals surface area contributed by atoms with Crippen LogP contribution in [-0.4, -0.2) is 13.4 Å². The van der Waals surface area contributed by atoms with E-state index in [0.717, 1.165) is 11.3 Å². The highest BCUT2D eigenvalue weighted by Gasteiger charge is 2.21. The van der Waals surface area contributed by atoms with E-state index in [1.165, 1.54) is 12.3 Å². The Morgan fingerprint density at radius 1 is 1.29 bits per heavy atom. The zero-order valence-corrected chi connectivity index (χ0v) is 11.4. The van der Waals surface area contributed by atoms with Crippen molar-refractivity contribution in [2.45, 2.75) is 4.90 Å². The summed E-state index contributed by atoms with van der Waals surface area (Å²) in [5.74, 6) is 0.228. The first-order valence-corrected chi connectivity index (χ1v) is 7.43. The minimum Gasteiger partial charge on any atom is -0.263 e. The summed E-state index contributed by atoms with van der Waals surface area (Å²) < 4.78 is 26.6. The van der Waals surface area contributed by atoms with Gasteiger partial charge in [0.05, 0.1) is 4.34 Å². The fourth-order valence-corrected chi connectivity index (χ4v) is 4.28. The lowest BCUT2D eigenvalue weighted by Crippen LogP contribution is -2.13. The third kappa shape index (κ3) is 2.90. The molecule has 2 heterocycles. The number of rotatable bonds is 3. The van der Waals surface area contributed by atoms with Crippen LogP contribution in [0, 0.1) is 0 Å². The lowest BCUT2D eigenvalue weighted by atomic mass is 10.5. The molecule has 0 aliphatic heterocycles. The average Bonchev–Trinajstić information content (AvgIpc) is 2.59. The standard InChI is InChI=1S/C9H6Cl2N2O2S2/c10-7-5-6(9(11)16-7)17(14,15)13-8-3-1-2-4-12-8/h1-5H,(H,12,13). The van der Waals surface area contributed by atoms with Gasteiger partial charge in [-0.15, -0.1) is 11.3 Å². The quantitative estimate of drug-likeness (QED) is 0.947. The Hall–Kier alpha value is -0.820. The molecule has 0 amide bonds. The van der Waals surface area contributed by atoms with Gasteiger partial charge < -0.3 is 0 Å². The number of pyridine rings is 1. The first-order valence-electron chi connectivity index (χ1n) is 4.38. The molecule has 0 unspecified atom stereocenters. The molecule has 0 bridgehead atoms. The lowest BCUT2D eigenvalue weighted by Gasteiger charge is -2.05. The second kappa shape index (κ2) is 4.81. The van der Waals surface area contributed by atoms with Gasteiger partial charge in [-0.25, -0.2) is 13.4 Å². The molecule has 2 aromatic heterocycles. The van der Waals surface area contributed by atoms with Crippen molar-refractivity contribution in [1.82, 2.24) is 4.98 Å². The maximum Gasteiger partial charge on any atom is 0.265 e. The van der Waals surface area contributed by atoms with Gasteiger partial charge in [-0.2, -0.15) is 0 Å². The van der Waals surface area contributed by atoms with E-state index < -0.39 is 10.0 Å². The van der Waals surface area contributed by atoms with Gasteiger partial charge in [-0.3, -0.25) is 4.72 Å². The van der Waals surface area contributed by atoms with Crippen LogP contribution in [0.1, 0.15) is 0 Å². The number of sulfonamides is 1. The van der Waals surface area contributed by atoms with Crippen molar-refractivity contribution in [3.63, 3.8) is 0 Å². The van der Waals surface area contributed by atoms with Crippen molar-refractivity contribution in [3.8, 4) is 0 Å². The Labute approximate surface area is 112 Å². The van der Waals surface area contributed by atoms with Crippen molar-refractivity contribution < 1.29 is 8.42 Å². The molecule has 2 aromatic rings. The Balaban J connectivity index is 2.35. The zero-order valence-electron chi connectivity index (χ0n) is 8.22. The van der Waals surface area contributed by atoms with Crippen LogP contribution >= 0.6 is 34.5 Å². The number of hydrogen-bond donors (Lipinski definition) is 1. The van der Waals surface area contributed by atoms with Crippen molar-refractivity contribution in [2.75, 3.05) is 4.72 Å². The summed E-state index contributed by atoms with van der Waals surface area (Å²) in [5.41, 5.74) is 0. The SMILES string of the molecule is O=S(=O)(Nc1ccccn1)c1cc(Cl)sc1Cl. The normalized spacial score (nSPS) is 11.4. The van der Waals surface area contributed by atoms with Crippen LogP contribution in [-0.2, 0) is 10.0 Å². The van der Waals surface area contributed by atoms with Crippen molar-refractivity contribution in [2.24, 2.45) is 0 Å². The predicted octanol–water partition coefficient (Wildman–Crippen LogP) is 3.25. The minimum absolute atomic E-state index is 0.0418. The molecular formula is C9H6Cl2N2O2S2. The van der Waals surface area contributed by atoms with Gasteiger partial charge in [0.2, 0.25) is 0 Å². The van der Waals surface area contributed by atoms with Gasteiger partial charge in [-0.05, 0) is 18.2 Å². The summed E-state index contributed by atoms with van der Waals surface area (Å²) in [5, 5.41) is 0. The molecule has 2 rings (SSSR count). The smallest absolute Gasteiger partial charge is 0.263 e. The number of aromatic nitrogens is 1. The molecule has 0 saturated heterocycles. The molecule has 8 heteroatoms. The highest BCUT2D eigenvalue weighted by atomic mass is 35.5. The topological polar surface area (TPSA) is 59.1 Å². The number of anilines is 1. The van der Waals surface area contributed by atoms with Crippen LogP contribution in [0.4, 0.5) is 5.82 Å². The van der Waals surface area contributed by atoms with E-state index in [9.17, 15) is 8.42 Å². The molecule has 0 aromatic carbocycles. The fraction of sp³-hybridized carbons (Fsp3) is 0. The van der Waals surface area contributed by atoms with E-state index in [2.05, 4.69) is 9.71 Å². The molecule has 90 valence electrons. The van der Waals surface area contributed by atoms with E-state index >= 15 is 0 Å². The molecule has 0 radical (unpaired) electrons. The van der Waals surface area contributed by atoms with Crippen LogP contribution in [0.2, 0.25) is 8.67 Å². The predicted molar refractivity (Wildman–Crippen MR) is 69.4 cm³/mol. The largest absolute Gasteiger partial charge is 0.265 e. The van der Waals surface area contributed by atoms with Gasteiger partial charge in [0.15, 0.2) is 0 Å². The summed E-state index contributed by atoms with van der Waals surface area (Å²) in [6.07, 6.45) is 1.49. The molecule has 1 N–H and O–H groups in total. The summed E-state index contributed by atoms with van der Waals surface area (Å²) in [6, 6.07) is 6.21. The highest BCUT2D eigenvalue weighted by molar-refractivity contribution is 7.93. The molecule has 0 atom stereocenters. The van der Waals surface area contributed by atoms with E-state index in [0.29, 0.717) is 4.34 Å².